The lowest BCUT2D eigenvalue weighted by atomic mass is 9.98. The molecule has 0 atom stereocenters. The van der Waals surface area contributed by atoms with Gasteiger partial charge >= 0.3 is 0 Å². The van der Waals surface area contributed by atoms with Crippen LogP contribution in [-0.2, 0) is 25.7 Å². The van der Waals surface area contributed by atoms with Gasteiger partial charge in [0.05, 0.1) is 0 Å². The second-order valence-electron chi connectivity index (χ2n) is 7.92. The highest BCUT2D eigenvalue weighted by Crippen LogP contribution is 2.21. The van der Waals surface area contributed by atoms with Crippen LogP contribution in [-0.4, -0.2) is 0 Å². The van der Waals surface area contributed by atoms with Crippen LogP contribution in [0, 0.1) is 0 Å². The summed E-state index contributed by atoms with van der Waals surface area (Å²) >= 11 is 0. The standard InChI is InChI=1S/C28H34/c1-3-5-7-23-9-11-25(12-10-23)13-14-26-17-21-28(22-18-26)27-19-15-24(16-20-27)8-6-4-2/h9-12,15-22H,3-8,13-14H2,1-2H3. The summed E-state index contributed by atoms with van der Waals surface area (Å²) in [6.45, 7) is 4.50. The van der Waals surface area contributed by atoms with E-state index in [1.807, 2.05) is 0 Å². The number of hydrogen-bond donors (Lipinski definition) is 0. The fourth-order valence-corrected chi connectivity index (χ4v) is 3.65. The molecule has 0 bridgehead atoms. The molecule has 0 aliphatic rings. The normalized spacial score (nSPS) is 10.9. The van der Waals surface area contributed by atoms with Crippen molar-refractivity contribution in [1.29, 1.82) is 0 Å². The molecule has 0 aromatic heterocycles. The lowest BCUT2D eigenvalue weighted by Crippen LogP contribution is -1.93. The molecular weight excluding hydrogens is 336 g/mol. The third-order valence-electron chi connectivity index (χ3n) is 5.60. The topological polar surface area (TPSA) is 0 Å². The van der Waals surface area contributed by atoms with E-state index in [4.69, 9.17) is 0 Å². The van der Waals surface area contributed by atoms with Crippen LogP contribution < -0.4 is 0 Å². The molecule has 0 nitrogen and oxygen atoms in total. The molecule has 28 heavy (non-hydrogen) atoms. The quantitative estimate of drug-likeness (QED) is 0.341. The molecule has 0 heterocycles. The van der Waals surface area contributed by atoms with Crippen molar-refractivity contribution in [3.05, 3.63) is 95.1 Å². The molecule has 0 unspecified atom stereocenters. The highest BCUT2D eigenvalue weighted by molar-refractivity contribution is 5.64. The Labute approximate surface area is 171 Å². The highest BCUT2D eigenvalue weighted by Gasteiger charge is 2.01. The maximum atomic E-state index is 2.31. The molecule has 3 rings (SSSR count). The van der Waals surface area contributed by atoms with E-state index in [0.29, 0.717) is 0 Å². The SMILES string of the molecule is CCCCc1ccc(CCc2ccc(-c3ccc(CCCC)cc3)cc2)cc1. The Bertz CT molecular complexity index is 807. The Balaban J connectivity index is 1.54. The Morgan fingerprint density at radius 3 is 1.00 bits per heavy atom. The Morgan fingerprint density at radius 1 is 0.393 bits per heavy atom. The maximum absolute atomic E-state index is 2.31. The van der Waals surface area contributed by atoms with Gasteiger partial charge in [-0.3, -0.25) is 0 Å². The molecule has 0 aliphatic heterocycles. The number of rotatable bonds is 10. The van der Waals surface area contributed by atoms with E-state index < -0.39 is 0 Å². The third kappa shape index (κ3) is 6.09. The number of unbranched alkanes of at least 4 members (excludes halogenated alkanes) is 2. The van der Waals surface area contributed by atoms with E-state index in [2.05, 4.69) is 86.6 Å². The minimum absolute atomic E-state index is 1.10. The summed E-state index contributed by atoms with van der Waals surface area (Å²) in [5, 5.41) is 0. The minimum Gasteiger partial charge on any atom is -0.0654 e. The Kier molecular flexibility index (Phi) is 7.91. The fourth-order valence-electron chi connectivity index (χ4n) is 3.65. The van der Waals surface area contributed by atoms with E-state index in [1.165, 1.54) is 71.9 Å². The average Bonchev–Trinajstić information content (AvgIpc) is 2.76. The van der Waals surface area contributed by atoms with Crippen LogP contribution in [0.2, 0.25) is 0 Å². The van der Waals surface area contributed by atoms with Crippen molar-refractivity contribution in [1.82, 2.24) is 0 Å². The molecule has 0 fully saturated rings. The van der Waals surface area contributed by atoms with Gasteiger partial charge in [-0.15, -0.1) is 0 Å². The van der Waals surface area contributed by atoms with Gasteiger partial charge in [0.1, 0.15) is 0 Å². The third-order valence-corrected chi connectivity index (χ3v) is 5.60. The average molecular weight is 371 g/mol. The van der Waals surface area contributed by atoms with Crippen molar-refractivity contribution in [2.45, 2.75) is 65.2 Å². The molecule has 0 aliphatic carbocycles. The molecule has 0 radical (unpaired) electrons. The van der Waals surface area contributed by atoms with Crippen LogP contribution in [0.1, 0.15) is 61.8 Å². The van der Waals surface area contributed by atoms with E-state index >= 15 is 0 Å². The van der Waals surface area contributed by atoms with Gasteiger partial charge in [0.2, 0.25) is 0 Å². The first kappa shape index (κ1) is 20.4. The number of aryl methyl sites for hydroxylation is 4. The van der Waals surface area contributed by atoms with Gasteiger partial charge in [0.15, 0.2) is 0 Å². The molecule has 0 saturated heterocycles. The smallest absolute Gasteiger partial charge is 0.0184 e. The van der Waals surface area contributed by atoms with Gasteiger partial charge in [0, 0.05) is 0 Å². The second-order valence-corrected chi connectivity index (χ2v) is 7.92. The Hall–Kier alpha value is -2.34. The molecule has 0 saturated carbocycles. The zero-order valence-corrected chi connectivity index (χ0v) is 17.6. The largest absolute Gasteiger partial charge is 0.0654 e. The van der Waals surface area contributed by atoms with Gasteiger partial charge < -0.3 is 0 Å². The molecule has 0 heteroatoms. The van der Waals surface area contributed by atoms with Crippen molar-refractivity contribution in [3.63, 3.8) is 0 Å². The van der Waals surface area contributed by atoms with Crippen molar-refractivity contribution in [3.8, 4) is 11.1 Å². The first-order chi connectivity index (χ1) is 13.8. The maximum Gasteiger partial charge on any atom is -0.0184 e. The van der Waals surface area contributed by atoms with Crippen LogP contribution in [0.25, 0.3) is 11.1 Å². The first-order valence-electron chi connectivity index (χ1n) is 11.0. The van der Waals surface area contributed by atoms with Crippen molar-refractivity contribution >= 4 is 0 Å². The highest BCUT2D eigenvalue weighted by atomic mass is 14.1. The summed E-state index contributed by atoms with van der Waals surface area (Å²) in [4.78, 5) is 0. The molecule has 0 N–H and O–H groups in total. The van der Waals surface area contributed by atoms with E-state index in [1.54, 1.807) is 0 Å². The van der Waals surface area contributed by atoms with Crippen molar-refractivity contribution in [2.75, 3.05) is 0 Å². The molecule has 146 valence electrons. The summed E-state index contributed by atoms with van der Waals surface area (Å²) in [7, 11) is 0. The van der Waals surface area contributed by atoms with Crippen molar-refractivity contribution < 1.29 is 0 Å². The predicted octanol–water partition coefficient (Wildman–Crippen LogP) is 7.82. The van der Waals surface area contributed by atoms with Gasteiger partial charge in [-0.1, -0.05) is 99.5 Å². The van der Waals surface area contributed by atoms with Crippen LogP contribution in [0.4, 0.5) is 0 Å². The number of benzene rings is 3. The summed E-state index contributed by atoms with van der Waals surface area (Å²) in [6, 6.07) is 27.4. The lowest BCUT2D eigenvalue weighted by molar-refractivity contribution is 0.794. The van der Waals surface area contributed by atoms with Crippen LogP contribution in [0.15, 0.2) is 72.8 Å². The summed E-state index contributed by atoms with van der Waals surface area (Å²) in [5.41, 5.74) is 8.39. The zero-order chi connectivity index (χ0) is 19.6. The van der Waals surface area contributed by atoms with Gasteiger partial charge in [-0.05, 0) is 71.9 Å². The molecule has 0 amide bonds. The minimum atomic E-state index is 1.10. The first-order valence-corrected chi connectivity index (χ1v) is 11.0. The fraction of sp³-hybridized carbons (Fsp3) is 0.357. The molecule has 3 aromatic rings. The van der Waals surface area contributed by atoms with Crippen LogP contribution >= 0.6 is 0 Å². The summed E-state index contributed by atoms with van der Waals surface area (Å²) < 4.78 is 0. The van der Waals surface area contributed by atoms with Crippen molar-refractivity contribution in [2.24, 2.45) is 0 Å². The summed E-state index contributed by atoms with van der Waals surface area (Å²) in [5.74, 6) is 0. The molecule has 3 aromatic carbocycles. The van der Waals surface area contributed by atoms with Crippen LogP contribution in [0.3, 0.4) is 0 Å². The Morgan fingerprint density at radius 2 is 0.679 bits per heavy atom. The molecule has 0 spiro atoms. The van der Waals surface area contributed by atoms with E-state index in [9.17, 15) is 0 Å². The van der Waals surface area contributed by atoms with Gasteiger partial charge in [-0.25, -0.2) is 0 Å². The van der Waals surface area contributed by atoms with E-state index in [-0.39, 0.29) is 0 Å². The van der Waals surface area contributed by atoms with Gasteiger partial charge in [0.25, 0.3) is 0 Å². The van der Waals surface area contributed by atoms with Gasteiger partial charge in [-0.2, -0.15) is 0 Å². The van der Waals surface area contributed by atoms with E-state index in [0.717, 1.165) is 12.8 Å². The zero-order valence-electron chi connectivity index (χ0n) is 17.6. The second kappa shape index (κ2) is 10.9. The monoisotopic (exact) mass is 370 g/mol. The summed E-state index contributed by atoms with van der Waals surface area (Å²) in [6.07, 6.45) is 9.69. The predicted molar refractivity (Wildman–Crippen MR) is 123 cm³/mol. The lowest BCUT2D eigenvalue weighted by Gasteiger charge is -2.07. The number of hydrogen-bond acceptors (Lipinski definition) is 0. The molecular formula is C28H34. The van der Waals surface area contributed by atoms with Crippen LogP contribution in [0.5, 0.6) is 0 Å².